The number of carbonyl (C=O) groups is 3. The number of aromatic nitrogens is 5. The number of amides is 2. The molecule has 5 aromatic rings. The van der Waals surface area contributed by atoms with Crippen LogP contribution in [0.15, 0.2) is 78.8 Å². The lowest BCUT2D eigenvalue weighted by Crippen LogP contribution is -3.00. The number of benzene rings is 2. The summed E-state index contributed by atoms with van der Waals surface area (Å²) in [5.74, 6) is -3.02. The summed E-state index contributed by atoms with van der Waals surface area (Å²) in [6, 6.07) is 14.9. The molecular formula is C40H43ClF2N8O7S. The van der Waals surface area contributed by atoms with Crippen molar-refractivity contribution in [2.24, 2.45) is 0 Å². The normalized spacial score (nSPS) is 13.2. The van der Waals surface area contributed by atoms with Crippen molar-refractivity contribution in [3.05, 3.63) is 112 Å². The van der Waals surface area contributed by atoms with Gasteiger partial charge in [-0.1, -0.05) is 25.1 Å². The first-order valence-corrected chi connectivity index (χ1v) is 18.8. The number of aliphatic hydroxyl groups is 1. The molecular weight excluding hydrogens is 810 g/mol. The van der Waals surface area contributed by atoms with Crippen molar-refractivity contribution in [2.75, 3.05) is 25.5 Å². The molecule has 0 radical (unpaired) electrons. The molecule has 0 bridgehead atoms. The zero-order valence-corrected chi connectivity index (χ0v) is 34.9. The van der Waals surface area contributed by atoms with Crippen LogP contribution in [0.5, 0.6) is 0 Å². The first kappa shape index (κ1) is 45.7. The Morgan fingerprint density at radius 2 is 1.78 bits per heavy atom. The predicted octanol–water partition coefficient (Wildman–Crippen LogP) is 3.24. The fraction of sp³-hybridized carbons (Fsp3) is 0.350. The number of hydrogen-bond acceptors (Lipinski definition) is 12. The molecule has 2 amide bonds. The largest absolute Gasteiger partial charge is 1.00 e. The highest BCUT2D eigenvalue weighted by Crippen LogP contribution is 2.41. The number of thiazole rings is 1. The summed E-state index contributed by atoms with van der Waals surface area (Å²) < 4.78 is 49.0. The Kier molecular flexibility index (Phi) is 14.8. The second-order valence-corrected chi connectivity index (χ2v) is 15.3. The van der Waals surface area contributed by atoms with Gasteiger partial charge in [0, 0.05) is 60.3 Å². The number of hydrogen-bond donors (Lipinski definition) is 1. The molecule has 0 fully saturated rings. The number of pyridine rings is 1. The summed E-state index contributed by atoms with van der Waals surface area (Å²) in [5.41, 5.74) is -0.932. The van der Waals surface area contributed by atoms with E-state index >= 15 is 4.39 Å². The number of esters is 1. The Morgan fingerprint density at radius 1 is 1.07 bits per heavy atom. The van der Waals surface area contributed by atoms with E-state index in [0.29, 0.717) is 21.8 Å². The molecule has 3 heterocycles. The molecule has 3 atom stereocenters. The molecule has 312 valence electrons. The van der Waals surface area contributed by atoms with E-state index < -0.39 is 53.1 Å². The van der Waals surface area contributed by atoms with Crippen LogP contribution in [0.25, 0.3) is 11.3 Å². The SMILES string of the molecule is CC(OC(=O)N(C)c1ncccc1COC(=O)CN(C)C(=O)OC(C)(C)C)[n+]1cnn(C[C@@](O)(c2cc(F)ccc2F)[C@@H](C)c2nc(-c3ccc(C#N)cc3)cs2)c1.[Cl-]. The van der Waals surface area contributed by atoms with Gasteiger partial charge in [0.05, 0.1) is 22.3 Å². The van der Waals surface area contributed by atoms with Gasteiger partial charge in [-0.3, -0.25) is 9.69 Å². The minimum absolute atomic E-state index is 0. The van der Waals surface area contributed by atoms with Crippen LogP contribution in [0.2, 0.25) is 0 Å². The first-order chi connectivity index (χ1) is 27.4. The summed E-state index contributed by atoms with van der Waals surface area (Å²) in [4.78, 5) is 49.3. The van der Waals surface area contributed by atoms with Crippen molar-refractivity contribution in [3.63, 3.8) is 0 Å². The van der Waals surface area contributed by atoms with Gasteiger partial charge in [-0.05, 0) is 57.2 Å². The second-order valence-electron chi connectivity index (χ2n) is 14.4. The van der Waals surface area contributed by atoms with Crippen LogP contribution < -0.4 is 21.9 Å². The van der Waals surface area contributed by atoms with Gasteiger partial charge in [0.2, 0.25) is 12.6 Å². The number of nitriles is 1. The zero-order chi connectivity index (χ0) is 42.4. The van der Waals surface area contributed by atoms with Gasteiger partial charge < -0.3 is 36.6 Å². The van der Waals surface area contributed by atoms with E-state index in [1.807, 2.05) is 0 Å². The van der Waals surface area contributed by atoms with Crippen molar-refractivity contribution in [3.8, 4) is 17.3 Å². The highest BCUT2D eigenvalue weighted by atomic mass is 35.5. The van der Waals surface area contributed by atoms with Crippen LogP contribution in [0.4, 0.5) is 24.2 Å². The van der Waals surface area contributed by atoms with Crippen LogP contribution >= 0.6 is 11.3 Å². The van der Waals surface area contributed by atoms with E-state index in [1.165, 1.54) is 53.5 Å². The van der Waals surface area contributed by atoms with E-state index in [9.17, 15) is 23.9 Å². The van der Waals surface area contributed by atoms with Crippen molar-refractivity contribution >= 4 is 35.3 Å². The van der Waals surface area contributed by atoms with Gasteiger partial charge in [-0.25, -0.2) is 28.3 Å². The van der Waals surface area contributed by atoms with Crippen LogP contribution in [0, 0.1) is 23.0 Å². The Labute approximate surface area is 349 Å². The van der Waals surface area contributed by atoms with Crippen LogP contribution in [0.3, 0.4) is 0 Å². The molecule has 1 unspecified atom stereocenters. The van der Waals surface area contributed by atoms with Crippen molar-refractivity contribution < 1.29 is 59.5 Å². The molecule has 15 nitrogen and oxygen atoms in total. The molecule has 1 N–H and O–H groups in total. The zero-order valence-electron chi connectivity index (χ0n) is 33.3. The topological polar surface area (TPSA) is 177 Å². The number of likely N-dealkylation sites (N-methyl/N-ethyl adjacent to an activating group) is 1. The third-order valence-electron chi connectivity index (χ3n) is 8.93. The van der Waals surface area contributed by atoms with E-state index in [0.717, 1.165) is 33.6 Å². The summed E-state index contributed by atoms with van der Waals surface area (Å²) in [6.45, 7) is 7.36. The second kappa shape index (κ2) is 19.1. The van der Waals surface area contributed by atoms with Gasteiger partial charge >= 0.3 is 18.2 Å². The van der Waals surface area contributed by atoms with Crippen LogP contribution in [0.1, 0.15) is 68.5 Å². The molecule has 59 heavy (non-hydrogen) atoms. The fourth-order valence-electron chi connectivity index (χ4n) is 5.70. The standard InChI is InChI=1S/C40H43F2N8O7S.ClH/c1-25(36-46-33(21-58-36)28-12-10-27(18-43)11-13-28)40(54,31-17-30(41)14-15-32(31)42)22-50-24-49(23-45-50)26(2)56-38(53)48(7)35-29(9-8-16-44-35)20-55-34(51)19-47(6)37(52)57-39(3,4)5;/h8-17,21,23-26,54H,19-20,22H2,1-7H3;1H/q+1;/p-1/t25-,26?,40-;/m0./s1. The van der Waals surface area contributed by atoms with Gasteiger partial charge in [-0.15, -0.1) is 16.0 Å². The maximum Gasteiger partial charge on any atom is 0.418 e. The smallest absolute Gasteiger partial charge is 0.418 e. The Hall–Kier alpha value is -6.03. The molecule has 19 heteroatoms. The average Bonchev–Trinajstić information content (AvgIpc) is 3.87. The lowest BCUT2D eigenvalue weighted by atomic mass is 9.82. The average molecular weight is 853 g/mol. The van der Waals surface area contributed by atoms with Crippen LogP contribution in [-0.2, 0) is 37.8 Å². The van der Waals surface area contributed by atoms with Gasteiger partial charge in [0.15, 0.2) is 0 Å². The molecule has 0 aliphatic heterocycles. The van der Waals surface area contributed by atoms with Crippen molar-refractivity contribution in [1.29, 1.82) is 5.26 Å². The maximum absolute atomic E-state index is 15.4. The lowest BCUT2D eigenvalue weighted by molar-refractivity contribution is -0.753. The molecule has 2 aromatic carbocycles. The molecule has 0 spiro atoms. The Balaban J connectivity index is 0.00000769. The predicted molar refractivity (Wildman–Crippen MR) is 206 cm³/mol. The molecule has 0 aliphatic carbocycles. The Morgan fingerprint density at radius 3 is 2.46 bits per heavy atom. The number of halogens is 3. The molecule has 0 saturated heterocycles. The lowest BCUT2D eigenvalue weighted by Gasteiger charge is -2.32. The van der Waals surface area contributed by atoms with Crippen LogP contribution in [-0.4, -0.2) is 74.2 Å². The minimum atomic E-state index is -2.07. The third kappa shape index (κ3) is 11.3. The van der Waals surface area contributed by atoms with E-state index in [1.54, 1.807) is 76.4 Å². The highest BCUT2D eigenvalue weighted by Gasteiger charge is 2.43. The van der Waals surface area contributed by atoms with Gasteiger partial charge in [0.25, 0.3) is 6.33 Å². The summed E-state index contributed by atoms with van der Waals surface area (Å²) in [7, 11) is 2.83. The quantitative estimate of drug-likeness (QED) is 0.105. The molecule has 3 aromatic heterocycles. The number of ether oxygens (including phenoxy) is 3. The molecule has 0 aliphatic rings. The summed E-state index contributed by atoms with van der Waals surface area (Å²) in [5, 5.41) is 28.0. The number of anilines is 1. The fourth-order valence-corrected chi connectivity index (χ4v) is 6.67. The van der Waals surface area contributed by atoms with Gasteiger partial charge in [0.1, 0.15) is 48.4 Å². The first-order valence-electron chi connectivity index (χ1n) is 17.9. The summed E-state index contributed by atoms with van der Waals surface area (Å²) >= 11 is 1.23. The number of nitrogens with zero attached hydrogens (tertiary/aromatic N) is 8. The van der Waals surface area contributed by atoms with Crippen molar-refractivity contribution in [1.82, 2.24) is 24.6 Å². The number of carbonyl (C=O) groups excluding carboxylic acids is 3. The monoisotopic (exact) mass is 852 g/mol. The van der Waals surface area contributed by atoms with Gasteiger partial charge in [-0.2, -0.15) is 9.83 Å². The maximum atomic E-state index is 15.4. The third-order valence-corrected chi connectivity index (χ3v) is 9.95. The Bertz CT molecular complexity index is 2310. The summed E-state index contributed by atoms with van der Waals surface area (Å²) in [6.07, 6.45) is 1.77. The highest BCUT2D eigenvalue weighted by molar-refractivity contribution is 7.10. The molecule has 0 saturated carbocycles. The minimum Gasteiger partial charge on any atom is -1.00 e. The van der Waals surface area contributed by atoms with Crippen molar-refractivity contribution in [2.45, 2.75) is 71.1 Å². The van der Waals surface area contributed by atoms with E-state index in [-0.39, 0.29) is 43.5 Å². The molecule has 5 rings (SSSR count). The number of rotatable bonds is 13. The van der Waals surface area contributed by atoms with E-state index in [2.05, 4.69) is 16.2 Å². The van der Waals surface area contributed by atoms with E-state index in [4.69, 9.17) is 24.5 Å².